The van der Waals surface area contributed by atoms with Gasteiger partial charge in [-0.05, 0) is 35.0 Å². The highest BCUT2D eigenvalue weighted by Gasteiger charge is 2.23. The summed E-state index contributed by atoms with van der Waals surface area (Å²) in [5.41, 5.74) is 11.8. The molecule has 1 heterocycles. The first kappa shape index (κ1) is 20.3. The molecule has 30 heavy (non-hydrogen) atoms. The van der Waals surface area contributed by atoms with E-state index in [0.29, 0.717) is 0 Å². The predicted octanol–water partition coefficient (Wildman–Crippen LogP) is 3.29. The van der Waals surface area contributed by atoms with Crippen molar-refractivity contribution in [2.24, 2.45) is 0 Å². The molecule has 0 radical (unpaired) electrons. The topological polar surface area (TPSA) is 29.9 Å². The van der Waals surface area contributed by atoms with Crippen molar-refractivity contribution >= 4 is 44.1 Å². The van der Waals surface area contributed by atoms with E-state index in [1.165, 1.54) is 26.6 Å². The highest BCUT2D eigenvalue weighted by atomic mass is 79.9. The molecule has 0 amide bonds. The van der Waals surface area contributed by atoms with Crippen LogP contribution in [-0.4, -0.2) is 0 Å². The number of rotatable bonds is 4. The summed E-state index contributed by atoms with van der Waals surface area (Å²) >= 11 is 1.77. The number of nitrogen functional groups attached to an aromatic ring is 1. The van der Waals surface area contributed by atoms with Crippen molar-refractivity contribution in [3.63, 3.8) is 0 Å². The lowest BCUT2D eigenvalue weighted by Crippen LogP contribution is -3.00. The predicted molar refractivity (Wildman–Crippen MR) is 125 cm³/mol. The second-order valence-corrected chi connectivity index (χ2v) is 8.21. The van der Waals surface area contributed by atoms with Gasteiger partial charge in [0.05, 0.1) is 5.56 Å². The van der Waals surface area contributed by atoms with E-state index in [2.05, 4.69) is 77.9 Å². The van der Waals surface area contributed by atoms with Gasteiger partial charge in [-0.1, -0.05) is 78.6 Å². The molecule has 2 N–H and O–H groups in total. The van der Waals surface area contributed by atoms with E-state index in [4.69, 9.17) is 5.73 Å². The number of nitrogens with two attached hydrogens (primary N) is 1. The van der Waals surface area contributed by atoms with Crippen LogP contribution in [0.25, 0.3) is 38.2 Å². The number of benzene rings is 4. The number of fused-ring (bicyclic) bond motifs is 2. The van der Waals surface area contributed by atoms with Crippen LogP contribution >= 0.6 is 11.3 Å². The Balaban J connectivity index is 0.00000218. The van der Waals surface area contributed by atoms with Gasteiger partial charge in [0, 0.05) is 22.9 Å². The minimum atomic E-state index is 0. The number of hydrogen-bond acceptors (Lipinski definition) is 2. The summed E-state index contributed by atoms with van der Waals surface area (Å²) in [4.78, 5) is 0. The van der Waals surface area contributed by atoms with Crippen LogP contribution in [0.2, 0.25) is 0 Å². The highest BCUT2D eigenvalue weighted by Crippen LogP contribution is 2.34. The van der Waals surface area contributed by atoms with E-state index >= 15 is 0 Å². The van der Waals surface area contributed by atoms with E-state index < -0.39 is 0 Å². The van der Waals surface area contributed by atoms with Crippen LogP contribution in [0, 0.1) is 0 Å². The van der Waals surface area contributed by atoms with E-state index in [1.54, 1.807) is 11.3 Å². The third-order valence-electron chi connectivity index (χ3n) is 5.33. The lowest BCUT2D eigenvalue weighted by atomic mass is 10.0. The summed E-state index contributed by atoms with van der Waals surface area (Å²) in [7, 11) is 0. The molecule has 148 valence electrons. The van der Waals surface area contributed by atoms with E-state index in [0.717, 1.165) is 28.4 Å². The van der Waals surface area contributed by atoms with Crippen molar-refractivity contribution in [2.75, 3.05) is 5.73 Å². The first-order valence-electron chi connectivity index (χ1n) is 9.65. The molecule has 5 rings (SSSR count). The van der Waals surface area contributed by atoms with Crippen molar-refractivity contribution in [3.8, 4) is 11.1 Å². The van der Waals surface area contributed by atoms with Crippen molar-refractivity contribution in [2.45, 2.75) is 6.54 Å². The zero-order valence-electron chi connectivity index (χ0n) is 16.4. The molecule has 0 bridgehead atoms. The molecule has 0 spiro atoms. The molecular formula is C26H21BrN2S. The van der Waals surface area contributed by atoms with Crippen LogP contribution in [-0.2, 0) is 6.54 Å². The number of para-hydroxylation sites is 2. The minimum absolute atomic E-state index is 0. The lowest BCUT2D eigenvalue weighted by molar-refractivity contribution is -0.659. The van der Waals surface area contributed by atoms with Crippen molar-refractivity contribution in [3.05, 3.63) is 102 Å². The summed E-state index contributed by atoms with van der Waals surface area (Å²) in [6, 6.07) is 29.7. The van der Waals surface area contributed by atoms with Gasteiger partial charge in [0.25, 0.3) is 5.01 Å². The maximum Gasteiger partial charge on any atom is 0.262 e. The second-order valence-electron chi connectivity index (χ2n) is 7.15. The Morgan fingerprint density at radius 2 is 1.57 bits per heavy atom. The van der Waals surface area contributed by atoms with E-state index in [9.17, 15) is 0 Å². The SMILES string of the molecule is C=Cc1sc2cccc(-c3ccccc3N)c2[n+]1Cc1ccc2ccccc2c1.[Br-]. The van der Waals surface area contributed by atoms with Crippen LogP contribution in [0.5, 0.6) is 0 Å². The zero-order valence-corrected chi connectivity index (χ0v) is 18.8. The van der Waals surface area contributed by atoms with Crippen molar-refractivity contribution in [1.82, 2.24) is 0 Å². The number of nitrogens with zero attached hydrogens (tertiary/aromatic N) is 1. The Bertz CT molecular complexity index is 1370. The fraction of sp³-hybridized carbons (Fsp3) is 0.0385. The lowest BCUT2D eigenvalue weighted by Gasteiger charge is -2.07. The molecule has 0 unspecified atom stereocenters. The first-order chi connectivity index (χ1) is 14.2. The molecule has 0 aliphatic rings. The molecule has 0 saturated heterocycles. The minimum Gasteiger partial charge on any atom is -1.00 e. The third kappa shape index (κ3) is 3.53. The molecule has 4 heteroatoms. The smallest absolute Gasteiger partial charge is 0.262 e. The molecule has 0 aliphatic heterocycles. The number of halogens is 1. The van der Waals surface area contributed by atoms with Gasteiger partial charge in [-0.25, -0.2) is 0 Å². The molecule has 5 aromatic rings. The van der Waals surface area contributed by atoms with Crippen LogP contribution < -0.4 is 27.3 Å². The average molecular weight is 473 g/mol. The molecule has 0 saturated carbocycles. The molecule has 0 fully saturated rings. The fourth-order valence-electron chi connectivity index (χ4n) is 3.95. The number of hydrogen-bond donors (Lipinski definition) is 1. The summed E-state index contributed by atoms with van der Waals surface area (Å²) in [6.07, 6.45) is 1.95. The molecular weight excluding hydrogens is 452 g/mol. The van der Waals surface area contributed by atoms with Crippen LogP contribution in [0.3, 0.4) is 0 Å². The van der Waals surface area contributed by atoms with Gasteiger partial charge in [-0.15, -0.1) is 0 Å². The third-order valence-corrected chi connectivity index (χ3v) is 6.48. The molecule has 0 atom stereocenters. The van der Waals surface area contributed by atoms with Gasteiger partial charge in [0.2, 0.25) is 5.52 Å². The molecule has 0 aliphatic carbocycles. The van der Waals surface area contributed by atoms with Crippen LogP contribution in [0.4, 0.5) is 5.69 Å². The van der Waals surface area contributed by atoms with Gasteiger partial charge in [0.15, 0.2) is 6.54 Å². The first-order valence-corrected chi connectivity index (χ1v) is 10.5. The normalized spacial score (nSPS) is 10.8. The number of anilines is 1. The average Bonchev–Trinajstić information content (AvgIpc) is 3.12. The summed E-state index contributed by atoms with van der Waals surface area (Å²) in [6.45, 7) is 4.85. The maximum absolute atomic E-state index is 6.32. The molecule has 4 aromatic carbocycles. The number of thiazole rings is 1. The van der Waals surface area contributed by atoms with Crippen LogP contribution in [0.1, 0.15) is 10.6 Å². The largest absolute Gasteiger partial charge is 1.00 e. The highest BCUT2D eigenvalue weighted by molar-refractivity contribution is 7.18. The molecule has 1 aromatic heterocycles. The summed E-state index contributed by atoms with van der Waals surface area (Å²) < 4.78 is 3.60. The van der Waals surface area contributed by atoms with Gasteiger partial charge in [-0.3, -0.25) is 0 Å². The van der Waals surface area contributed by atoms with Crippen molar-refractivity contribution in [1.29, 1.82) is 0 Å². The Kier molecular flexibility index (Phi) is 5.71. The Morgan fingerprint density at radius 1 is 0.833 bits per heavy atom. The van der Waals surface area contributed by atoms with Crippen LogP contribution in [0.15, 0.2) is 91.5 Å². The van der Waals surface area contributed by atoms with Gasteiger partial charge >= 0.3 is 0 Å². The van der Waals surface area contributed by atoms with Crippen molar-refractivity contribution < 1.29 is 21.5 Å². The maximum atomic E-state index is 6.32. The summed E-state index contributed by atoms with van der Waals surface area (Å²) in [5.74, 6) is 0. The quantitative estimate of drug-likeness (QED) is 0.315. The van der Waals surface area contributed by atoms with Gasteiger partial charge in [0.1, 0.15) is 4.70 Å². The fourth-order valence-corrected chi connectivity index (χ4v) is 4.99. The monoisotopic (exact) mass is 472 g/mol. The Labute approximate surface area is 190 Å². The number of aromatic nitrogens is 1. The van der Waals surface area contributed by atoms with E-state index in [-0.39, 0.29) is 17.0 Å². The summed E-state index contributed by atoms with van der Waals surface area (Å²) in [5, 5.41) is 3.67. The zero-order chi connectivity index (χ0) is 19.8. The molecule has 2 nitrogen and oxygen atoms in total. The van der Waals surface area contributed by atoms with Gasteiger partial charge < -0.3 is 22.7 Å². The Morgan fingerprint density at radius 3 is 2.37 bits per heavy atom. The second kappa shape index (κ2) is 8.42. The van der Waals surface area contributed by atoms with Gasteiger partial charge in [-0.2, -0.15) is 4.57 Å². The Hall–Kier alpha value is -2.95. The van der Waals surface area contributed by atoms with E-state index in [1.807, 2.05) is 24.3 Å². The standard InChI is InChI=1S/C26H21N2S.BrH/c1-2-25-28(17-18-14-15-19-8-3-4-9-20(19)16-18)26-22(11-7-13-24(26)29-25)21-10-5-6-12-23(21)27;/h2-16H,1,17,27H2;1H/q+1;/p-1.